The van der Waals surface area contributed by atoms with Crippen molar-refractivity contribution in [2.45, 2.75) is 57.6 Å². The van der Waals surface area contributed by atoms with Crippen molar-refractivity contribution in [2.75, 3.05) is 19.4 Å². The highest BCUT2D eigenvalue weighted by Gasteiger charge is 2.42. The van der Waals surface area contributed by atoms with Crippen LogP contribution < -0.4 is 11.1 Å². The Balaban J connectivity index is 2.21. The zero-order valence-corrected chi connectivity index (χ0v) is 13.6. The van der Waals surface area contributed by atoms with Crippen molar-refractivity contribution in [1.29, 1.82) is 0 Å². The highest BCUT2D eigenvalue weighted by Crippen LogP contribution is 2.39. The number of nitrogens with zero attached hydrogens (tertiary/aromatic N) is 1. The summed E-state index contributed by atoms with van der Waals surface area (Å²) in [7, 11) is 2.03. The Morgan fingerprint density at radius 2 is 2.38 bits per heavy atom. The van der Waals surface area contributed by atoms with E-state index in [0.29, 0.717) is 5.92 Å². The summed E-state index contributed by atoms with van der Waals surface area (Å²) in [4.78, 5) is 4.21. The van der Waals surface area contributed by atoms with Gasteiger partial charge in [-0.05, 0) is 50.8 Å². The summed E-state index contributed by atoms with van der Waals surface area (Å²) in [6.45, 7) is 5.18. The monoisotopic (exact) mass is 291 g/mol. The molecule has 0 amide bonds. The molecule has 4 heteroatoms. The standard InChI is InChI=1S/C17H29N3O/c1-4-21-17(8-5-6-13(2)11-17)16(19-3)10-14-12-20-9-7-15(14)18/h7,9,12-13,16,19H,4-6,8,10-11H2,1-3H3,(H2,18,20). The van der Waals surface area contributed by atoms with Crippen molar-refractivity contribution < 1.29 is 4.74 Å². The highest BCUT2D eigenvalue weighted by molar-refractivity contribution is 5.44. The van der Waals surface area contributed by atoms with E-state index in [2.05, 4.69) is 24.1 Å². The van der Waals surface area contributed by atoms with E-state index in [1.54, 1.807) is 6.20 Å². The van der Waals surface area contributed by atoms with E-state index in [4.69, 9.17) is 10.5 Å². The van der Waals surface area contributed by atoms with Gasteiger partial charge in [0.15, 0.2) is 0 Å². The summed E-state index contributed by atoms with van der Waals surface area (Å²) in [6.07, 6.45) is 9.27. The Labute approximate surface area is 128 Å². The number of hydrogen-bond donors (Lipinski definition) is 2. The lowest BCUT2D eigenvalue weighted by Crippen LogP contribution is -2.55. The summed E-state index contributed by atoms with van der Waals surface area (Å²) in [6, 6.07) is 2.14. The maximum atomic E-state index is 6.28. The van der Waals surface area contributed by atoms with E-state index in [1.165, 1.54) is 12.8 Å². The first-order chi connectivity index (χ1) is 10.1. The van der Waals surface area contributed by atoms with Crippen molar-refractivity contribution in [3.63, 3.8) is 0 Å². The molecule has 3 unspecified atom stereocenters. The number of anilines is 1. The molecule has 3 N–H and O–H groups in total. The van der Waals surface area contributed by atoms with Crippen LogP contribution in [0, 0.1) is 5.92 Å². The molecule has 1 fully saturated rings. The fourth-order valence-electron chi connectivity index (χ4n) is 3.76. The number of nitrogen functional groups attached to an aromatic ring is 1. The third-order valence-electron chi connectivity index (χ3n) is 4.77. The van der Waals surface area contributed by atoms with E-state index in [1.807, 2.05) is 19.3 Å². The van der Waals surface area contributed by atoms with E-state index in [9.17, 15) is 0 Å². The molecule has 0 radical (unpaired) electrons. The van der Waals surface area contributed by atoms with Crippen LogP contribution in [0.15, 0.2) is 18.5 Å². The third kappa shape index (κ3) is 3.74. The van der Waals surface area contributed by atoms with Gasteiger partial charge in [0, 0.05) is 30.7 Å². The maximum absolute atomic E-state index is 6.28. The first-order valence-corrected chi connectivity index (χ1v) is 8.11. The van der Waals surface area contributed by atoms with Gasteiger partial charge in [-0.25, -0.2) is 0 Å². The second kappa shape index (κ2) is 7.23. The second-order valence-electron chi connectivity index (χ2n) is 6.32. The first-order valence-electron chi connectivity index (χ1n) is 8.11. The predicted molar refractivity (Wildman–Crippen MR) is 87.2 cm³/mol. The molecule has 0 bridgehead atoms. The van der Waals surface area contributed by atoms with Crippen molar-refractivity contribution in [1.82, 2.24) is 10.3 Å². The first kappa shape index (κ1) is 16.2. The summed E-state index contributed by atoms with van der Waals surface area (Å²) in [5.74, 6) is 0.715. The molecule has 0 saturated heterocycles. The van der Waals surface area contributed by atoms with Crippen LogP contribution in [0.5, 0.6) is 0 Å². The Kier molecular flexibility index (Phi) is 5.59. The summed E-state index contributed by atoms with van der Waals surface area (Å²) in [5, 5.41) is 3.49. The Morgan fingerprint density at radius 1 is 1.57 bits per heavy atom. The van der Waals surface area contributed by atoms with Gasteiger partial charge in [-0.3, -0.25) is 4.98 Å². The van der Waals surface area contributed by atoms with Crippen molar-refractivity contribution >= 4 is 5.69 Å². The van der Waals surface area contributed by atoms with E-state index < -0.39 is 0 Å². The van der Waals surface area contributed by atoms with Gasteiger partial charge in [-0.1, -0.05) is 19.8 Å². The fraction of sp³-hybridized carbons (Fsp3) is 0.706. The highest BCUT2D eigenvalue weighted by atomic mass is 16.5. The average molecular weight is 291 g/mol. The molecular weight excluding hydrogens is 262 g/mol. The fourth-order valence-corrected chi connectivity index (χ4v) is 3.76. The molecule has 0 aliphatic heterocycles. The number of aromatic nitrogens is 1. The molecule has 1 aromatic rings. The number of hydrogen-bond acceptors (Lipinski definition) is 4. The molecule has 1 aromatic heterocycles. The van der Waals surface area contributed by atoms with Crippen LogP contribution in [-0.4, -0.2) is 30.3 Å². The lowest BCUT2D eigenvalue weighted by atomic mass is 9.73. The molecule has 0 aromatic carbocycles. The van der Waals surface area contributed by atoms with Crippen LogP contribution >= 0.6 is 0 Å². The minimum Gasteiger partial charge on any atom is -0.398 e. The molecule has 118 valence electrons. The molecule has 1 heterocycles. The molecule has 0 spiro atoms. The number of rotatable bonds is 6. The summed E-state index contributed by atoms with van der Waals surface area (Å²) < 4.78 is 6.28. The molecular formula is C17H29N3O. The van der Waals surface area contributed by atoms with E-state index >= 15 is 0 Å². The van der Waals surface area contributed by atoms with Crippen molar-refractivity contribution in [3.8, 4) is 0 Å². The zero-order valence-electron chi connectivity index (χ0n) is 13.6. The number of nitrogens with two attached hydrogens (primary N) is 1. The molecule has 21 heavy (non-hydrogen) atoms. The normalized spacial score (nSPS) is 27.5. The van der Waals surface area contributed by atoms with Gasteiger partial charge in [0.2, 0.25) is 0 Å². The smallest absolute Gasteiger partial charge is 0.0840 e. The van der Waals surface area contributed by atoms with Crippen molar-refractivity contribution in [2.24, 2.45) is 5.92 Å². The van der Waals surface area contributed by atoms with E-state index in [0.717, 1.165) is 37.1 Å². The topological polar surface area (TPSA) is 60.2 Å². The number of ether oxygens (including phenoxy) is 1. The Morgan fingerprint density at radius 3 is 3.00 bits per heavy atom. The Hall–Kier alpha value is -1.13. The maximum Gasteiger partial charge on any atom is 0.0840 e. The summed E-state index contributed by atoms with van der Waals surface area (Å²) in [5.41, 5.74) is 7.93. The molecule has 1 saturated carbocycles. The van der Waals surface area contributed by atoms with Gasteiger partial charge in [0.1, 0.15) is 0 Å². The predicted octanol–water partition coefficient (Wildman–Crippen LogP) is 2.78. The lowest BCUT2D eigenvalue weighted by Gasteiger charge is -2.45. The van der Waals surface area contributed by atoms with Crippen LogP contribution in [0.3, 0.4) is 0 Å². The molecule has 1 aliphatic carbocycles. The van der Waals surface area contributed by atoms with Gasteiger partial charge in [-0.15, -0.1) is 0 Å². The van der Waals surface area contributed by atoms with E-state index in [-0.39, 0.29) is 11.6 Å². The minimum atomic E-state index is -0.0799. The van der Waals surface area contributed by atoms with Crippen LogP contribution in [0.4, 0.5) is 5.69 Å². The van der Waals surface area contributed by atoms with Crippen LogP contribution in [0.1, 0.15) is 45.1 Å². The quantitative estimate of drug-likeness (QED) is 0.846. The minimum absolute atomic E-state index is 0.0799. The number of nitrogens with one attached hydrogen (secondary N) is 1. The number of likely N-dealkylation sites (N-methyl/N-ethyl adjacent to an activating group) is 1. The van der Waals surface area contributed by atoms with Crippen LogP contribution in [-0.2, 0) is 11.2 Å². The van der Waals surface area contributed by atoms with Gasteiger partial charge in [0.25, 0.3) is 0 Å². The second-order valence-corrected chi connectivity index (χ2v) is 6.32. The molecule has 4 nitrogen and oxygen atoms in total. The largest absolute Gasteiger partial charge is 0.398 e. The van der Waals surface area contributed by atoms with Crippen molar-refractivity contribution in [3.05, 3.63) is 24.0 Å². The lowest BCUT2D eigenvalue weighted by molar-refractivity contribution is -0.0988. The number of pyridine rings is 1. The van der Waals surface area contributed by atoms with Crippen LogP contribution in [0.2, 0.25) is 0 Å². The molecule has 3 atom stereocenters. The Bertz CT molecular complexity index is 447. The van der Waals surface area contributed by atoms with Crippen LogP contribution in [0.25, 0.3) is 0 Å². The van der Waals surface area contributed by atoms with Gasteiger partial charge in [0.05, 0.1) is 5.60 Å². The van der Waals surface area contributed by atoms with Gasteiger partial charge < -0.3 is 15.8 Å². The molecule has 1 aliphatic rings. The zero-order chi connectivity index (χ0) is 15.3. The molecule has 2 rings (SSSR count). The SMILES string of the molecule is CCOC1(C(Cc2cnccc2N)NC)CCCC(C)C1. The average Bonchev–Trinajstić information content (AvgIpc) is 2.46. The third-order valence-corrected chi connectivity index (χ3v) is 4.77. The van der Waals surface area contributed by atoms with Gasteiger partial charge in [-0.2, -0.15) is 0 Å². The summed E-state index contributed by atoms with van der Waals surface area (Å²) >= 11 is 0. The van der Waals surface area contributed by atoms with Gasteiger partial charge >= 0.3 is 0 Å².